The van der Waals surface area contributed by atoms with Gasteiger partial charge in [-0.15, -0.1) is 0 Å². The highest BCUT2D eigenvalue weighted by Crippen LogP contribution is 2.28. The molecule has 4 heteroatoms. The van der Waals surface area contributed by atoms with Crippen LogP contribution >= 0.6 is 22.6 Å². The third-order valence-corrected chi connectivity index (χ3v) is 3.78. The quantitative estimate of drug-likeness (QED) is 0.808. The van der Waals surface area contributed by atoms with Crippen LogP contribution in [-0.4, -0.2) is 16.5 Å². The van der Waals surface area contributed by atoms with Crippen molar-refractivity contribution in [3.05, 3.63) is 39.7 Å². The van der Waals surface area contributed by atoms with Gasteiger partial charge in [-0.05, 0) is 35.9 Å². The number of rotatable bonds is 5. The average Bonchev–Trinajstić information content (AvgIpc) is 2.44. The van der Waals surface area contributed by atoms with Crippen molar-refractivity contribution in [1.82, 2.24) is 9.97 Å². The summed E-state index contributed by atoms with van der Waals surface area (Å²) in [6.07, 6.45) is 1.97. The second-order valence-corrected chi connectivity index (χ2v) is 5.38. The molecule has 0 radical (unpaired) electrons. The Bertz CT molecular complexity index is 541. The van der Waals surface area contributed by atoms with Crippen LogP contribution < -0.4 is 5.32 Å². The molecule has 0 aliphatic rings. The van der Waals surface area contributed by atoms with E-state index in [9.17, 15) is 0 Å². The Morgan fingerprint density at radius 2 is 1.84 bits per heavy atom. The van der Waals surface area contributed by atoms with Crippen LogP contribution in [0.4, 0.5) is 5.82 Å². The maximum absolute atomic E-state index is 4.72. The van der Waals surface area contributed by atoms with E-state index in [0.717, 1.165) is 45.9 Å². The third kappa shape index (κ3) is 3.43. The fourth-order valence-corrected chi connectivity index (χ4v) is 2.64. The molecule has 0 atom stereocenters. The van der Waals surface area contributed by atoms with Gasteiger partial charge in [-0.1, -0.05) is 37.3 Å². The van der Waals surface area contributed by atoms with E-state index < -0.39 is 0 Å². The Balaban J connectivity index is 2.52. The Hall–Kier alpha value is -1.17. The van der Waals surface area contributed by atoms with Gasteiger partial charge in [0.1, 0.15) is 11.6 Å². The van der Waals surface area contributed by atoms with Gasteiger partial charge in [-0.3, -0.25) is 0 Å². The fraction of sp³-hybridized carbons (Fsp3) is 0.333. The number of aromatic nitrogens is 2. The topological polar surface area (TPSA) is 37.8 Å². The zero-order valence-electron chi connectivity index (χ0n) is 11.3. The van der Waals surface area contributed by atoms with Crippen LogP contribution in [0.3, 0.4) is 0 Å². The standard InChI is InChI=1S/C15H18IN3/c1-3-8-12-18-14(11-9-6-5-7-10-11)13(16)15(19-12)17-4-2/h5-7,9-10H,3-4,8H2,1-2H3,(H,17,18,19). The molecule has 0 amide bonds. The second kappa shape index (κ2) is 6.84. The first kappa shape index (κ1) is 14.2. The SMILES string of the molecule is CCCc1nc(NCC)c(I)c(-c2ccccc2)n1. The van der Waals surface area contributed by atoms with Gasteiger partial charge >= 0.3 is 0 Å². The molecule has 3 nitrogen and oxygen atoms in total. The number of nitrogens with one attached hydrogen (secondary N) is 1. The molecule has 0 bridgehead atoms. The second-order valence-electron chi connectivity index (χ2n) is 4.30. The number of benzene rings is 1. The van der Waals surface area contributed by atoms with Crippen LogP contribution in [0.5, 0.6) is 0 Å². The number of aryl methyl sites for hydroxylation is 1. The van der Waals surface area contributed by atoms with Crippen molar-refractivity contribution in [2.45, 2.75) is 26.7 Å². The van der Waals surface area contributed by atoms with Crippen LogP contribution in [0.1, 0.15) is 26.1 Å². The molecule has 0 fully saturated rings. The minimum Gasteiger partial charge on any atom is -0.369 e. The molecular formula is C15H18IN3. The van der Waals surface area contributed by atoms with Gasteiger partial charge in [0.05, 0.1) is 9.26 Å². The van der Waals surface area contributed by atoms with E-state index in [-0.39, 0.29) is 0 Å². The van der Waals surface area contributed by atoms with E-state index in [1.165, 1.54) is 0 Å². The van der Waals surface area contributed by atoms with Crippen molar-refractivity contribution in [2.24, 2.45) is 0 Å². The van der Waals surface area contributed by atoms with Gasteiger partial charge in [0.2, 0.25) is 0 Å². The molecule has 2 aromatic rings. The first-order valence-corrected chi connectivity index (χ1v) is 7.69. The summed E-state index contributed by atoms with van der Waals surface area (Å²) in [5, 5.41) is 3.33. The lowest BCUT2D eigenvalue weighted by Crippen LogP contribution is -2.08. The van der Waals surface area contributed by atoms with Crippen LogP contribution in [-0.2, 0) is 6.42 Å². The Labute approximate surface area is 128 Å². The van der Waals surface area contributed by atoms with E-state index in [2.05, 4.69) is 58.9 Å². The summed E-state index contributed by atoms with van der Waals surface area (Å²) < 4.78 is 1.09. The van der Waals surface area contributed by atoms with Gasteiger partial charge in [-0.2, -0.15) is 0 Å². The van der Waals surface area contributed by atoms with E-state index in [1.807, 2.05) is 18.2 Å². The lowest BCUT2D eigenvalue weighted by Gasteiger charge is -2.12. The van der Waals surface area contributed by atoms with Crippen molar-refractivity contribution >= 4 is 28.4 Å². The van der Waals surface area contributed by atoms with Gasteiger partial charge in [0, 0.05) is 18.5 Å². The van der Waals surface area contributed by atoms with Crippen molar-refractivity contribution in [2.75, 3.05) is 11.9 Å². The number of hydrogen-bond donors (Lipinski definition) is 1. The van der Waals surface area contributed by atoms with Gasteiger partial charge < -0.3 is 5.32 Å². The number of nitrogens with zero attached hydrogens (tertiary/aromatic N) is 2. The molecule has 1 aromatic heterocycles. The third-order valence-electron chi connectivity index (χ3n) is 2.76. The first-order chi connectivity index (χ1) is 9.26. The van der Waals surface area contributed by atoms with E-state index in [4.69, 9.17) is 4.98 Å². The molecule has 0 aliphatic heterocycles. The molecule has 0 unspecified atom stereocenters. The molecule has 0 aliphatic carbocycles. The summed E-state index contributed by atoms with van der Waals surface area (Å²) in [5.41, 5.74) is 2.17. The molecule has 0 saturated heterocycles. The molecule has 19 heavy (non-hydrogen) atoms. The summed E-state index contributed by atoms with van der Waals surface area (Å²) in [6, 6.07) is 10.3. The van der Waals surface area contributed by atoms with Gasteiger partial charge in [0.25, 0.3) is 0 Å². The summed E-state index contributed by atoms with van der Waals surface area (Å²) in [5.74, 6) is 1.86. The minimum absolute atomic E-state index is 0.868. The Morgan fingerprint density at radius 1 is 1.11 bits per heavy atom. The van der Waals surface area contributed by atoms with Gasteiger partial charge in [-0.25, -0.2) is 9.97 Å². The average molecular weight is 367 g/mol. The first-order valence-electron chi connectivity index (χ1n) is 6.62. The molecule has 2 rings (SSSR count). The zero-order chi connectivity index (χ0) is 13.7. The number of hydrogen-bond acceptors (Lipinski definition) is 3. The van der Waals surface area contributed by atoms with Crippen molar-refractivity contribution in [1.29, 1.82) is 0 Å². The zero-order valence-corrected chi connectivity index (χ0v) is 13.4. The lowest BCUT2D eigenvalue weighted by atomic mass is 10.1. The molecular weight excluding hydrogens is 349 g/mol. The highest BCUT2D eigenvalue weighted by molar-refractivity contribution is 14.1. The van der Waals surface area contributed by atoms with E-state index in [0.29, 0.717) is 0 Å². The molecule has 1 heterocycles. The van der Waals surface area contributed by atoms with Gasteiger partial charge in [0.15, 0.2) is 0 Å². The maximum atomic E-state index is 4.72. The number of halogens is 1. The predicted molar refractivity (Wildman–Crippen MR) is 88.3 cm³/mol. The molecule has 0 spiro atoms. The van der Waals surface area contributed by atoms with Crippen LogP contribution in [0, 0.1) is 3.57 Å². The number of anilines is 1. The Morgan fingerprint density at radius 3 is 2.47 bits per heavy atom. The minimum atomic E-state index is 0.868. The lowest BCUT2D eigenvalue weighted by molar-refractivity contribution is 0.834. The molecule has 1 aromatic carbocycles. The fourth-order valence-electron chi connectivity index (χ4n) is 1.90. The van der Waals surface area contributed by atoms with Crippen molar-refractivity contribution < 1.29 is 0 Å². The highest BCUT2D eigenvalue weighted by Gasteiger charge is 2.12. The molecule has 100 valence electrons. The Kier molecular flexibility index (Phi) is 5.13. The van der Waals surface area contributed by atoms with Crippen LogP contribution in [0.15, 0.2) is 30.3 Å². The predicted octanol–water partition coefficient (Wildman–Crippen LogP) is 4.13. The normalized spacial score (nSPS) is 10.5. The maximum Gasteiger partial charge on any atom is 0.143 e. The monoisotopic (exact) mass is 367 g/mol. The molecule has 1 N–H and O–H groups in total. The van der Waals surface area contributed by atoms with Crippen molar-refractivity contribution in [3.8, 4) is 11.3 Å². The smallest absolute Gasteiger partial charge is 0.143 e. The van der Waals surface area contributed by atoms with Crippen LogP contribution in [0.25, 0.3) is 11.3 Å². The summed E-state index contributed by atoms with van der Waals surface area (Å²) in [6.45, 7) is 5.10. The van der Waals surface area contributed by atoms with E-state index >= 15 is 0 Å². The summed E-state index contributed by atoms with van der Waals surface area (Å²) in [4.78, 5) is 9.32. The molecule has 0 saturated carbocycles. The van der Waals surface area contributed by atoms with E-state index in [1.54, 1.807) is 0 Å². The summed E-state index contributed by atoms with van der Waals surface area (Å²) in [7, 11) is 0. The van der Waals surface area contributed by atoms with Crippen LogP contribution in [0.2, 0.25) is 0 Å². The largest absolute Gasteiger partial charge is 0.369 e. The van der Waals surface area contributed by atoms with Crippen molar-refractivity contribution in [3.63, 3.8) is 0 Å². The summed E-state index contributed by atoms with van der Waals surface area (Å²) >= 11 is 2.33. The highest BCUT2D eigenvalue weighted by atomic mass is 127.